The average Bonchev–Trinajstić information content (AvgIpc) is 3.30. The first-order valence-electron chi connectivity index (χ1n) is 9.96. The molecule has 0 unspecified atom stereocenters. The van der Waals surface area contributed by atoms with Crippen molar-refractivity contribution in [2.75, 3.05) is 18.5 Å². The van der Waals surface area contributed by atoms with Gasteiger partial charge in [-0.1, -0.05) is 36.4 Å². The number of ether oxygens (including phenoxy) is 1. The third-order valence-electron chi connectivity index (χ3n) is 4.43. The van der Waals surface area contributed by atoms with Crippen molar-refractivity contribution in [2.45, 2.75) is 51.1 Å². The van der Waals surface area contributed by atoms with Crippen LogP contribution in [0.15, 0.2) is 16.1 Å². The molecule has 0 aliphatic carbocycles. The van der Waals surface area contributed by atoms with Gasteiger partial charge in [-0.3, -0.25) is 14.0 Å². The molecule has 3 aromatic heterocycles. The summed E-state index contributed by atoms with van der Waals surface area (Å²) in [5.74, 6) is 0.0240. The first-order chi connectivity index (χ1) is 14.5. The van der Waals surface area contributed by atoms with E-state index in [2.05, 4.69) is 27.3 Å². The lowest BCUT2D eigenvalue weighted by molar-refractivity contribution is 0.0531. The van der Waals surface area contributed by atoms with Gasteiger partial charge in [-0.05, 0) is 20.3 Å². The van der Waals surface area contributed by atoms with Crippen molar-refractivity contribution in [3.8, 4) is 0 Å². The van der Waals surface area contributed by atoms with Gasteiger partial charge in [-0.2, -0.15) is 5.10 Å². The van der Waals surface area contributed by atoms with E-state index in [9.17, 15) is 9.59 Å². The zero-order valence-corrected chi connectivity index (χ0v) is 19.2. The van der Waals surface area contributed by atoms with Crippen LogP contribution in [0.1, 0.15) is 49.0 Å². The Morgan fingerprint density at radius 2 is 2.10 bits per heavy atom. The van der Waals surface area contributed by atoms with Crippen LogP contribution in [-0.2, 0) is 24.1 Å². The fourth-order valence-corrected chi connectivity index (χ4v) is 4.91. The molecule has 1 N–H and O–H groups in total. The third-order valence-corrected chi connectivity index (χ3v) is 6.46. The number of thioether (sulfide) groups is 1. The molecule has 3 aromatic rings. The van der Waals surface area contributed by atoms with Crippen LogP contribution in [0.5, 0.6) is 0 Å². The zero-order valence-electron chi connectivity index (χ0n) is 17.6. The van der Waals surface area contributed by atoms with Crippen molar-refractivity contribution in [1.29, 1.82) is 0 Å². The summed E-state index contributed by atoms with van der Waals surface area (Å²) in [4.78, 5) is 34.9. The fraction of sp³-hybridized carbons (Fsp3) is 0.526. The molecule has 0 aliphatic heterocycles. The Hall–Kier alpha value is -2.40. The molecular formula is C19H26N6O3S2. The Labute approximate surface area is 182 Å². The third kappa shape index (κ3) is 4.67. The molecule has 11 heteroatoms. The van der Waals surface area contributed by atoms with E-state index in [0.29, 0.717) is 50.8 Å². The topological polar surface area (TPSA) is 104 Å². The maximum atomic E-state index is 12.8. The lowest BCUT2D eigenvalue weighted by Crippen LogP contribution is -2.23. The van der Waals surface area contributed by atoms with E-state index in [1.807, 2.05) is 6.92 Å². The van der Waals surface area contributed by atoms with Crippen molar-refractivity contribution in [2.24, 2.45) is 7.05 Å². The van der Waals surface area contributed by atoms with Gasteiger partial charge in [0.25, 0.3) is 5.56 Å². The SMILES string of the molecule is CCCCNc1nc(CSc2nc3cnn(C)c3c(=O)n2CC)c(C(=O)OCC)s1. The molecular weight excluding hydrogens is 424 g/mol. The Bertz CT molecular complexity index is 1090. The van der Waals surface area contributed by atoms with E-state index in [0.717, 1.165) is 19.4 Å². The van der Waals surface area contributed by atoms with Crippen LogP contribution in [0.2, 0.25) is 0 Å². The van der Waals surface area contributed by atoms with Gasteiger partial charge in [0.2, 0.25) is 0 Å². The van der Waals surface area contributed by atoms with Crippen molar-refractivity contribution in [3.05, 3.63) is 27.1 Å². The second kappa shape index (κ2) is 10.1. The molecule has 0 saturated carbocycles. The highest BCUT2D eigenvalue weighted by Crippen LogP contribution is 2.29. The van der Waals surface area contributed by atoms with Crippen molar-refractivity contribution in [1.82, 2.24) is 24.3 Å². The van der Waals surface area contributed by atoms with Gasteiger partial charge < -0.3 is 10.1 Å². The molecule has 30 heavy (non-hydrogen) atoms. The predicted octanol–water partition coefficient (Wildman–Crippen LogP) is 3.29. The molecule has 162 valence electrons. The highest BCUT2D eigenvalue weighted by atomic mass is 32.2. The van der Waals surface area contributed by atoms with E-state index in [1.54, 1.807) is 29.4 Å². The van der Waals surface area contributed by atoms with E-state index in [4.69, 9.17) is 4.74 Å². The van der Waals surface area contributed by atoms with Gasteiger partial charge >= 0.3 is 5.97 Å². The Balaban J connectivity index is 1.88. The molecule has 0 amide bonds. The summed E-state index contributed by atoms with van der Waals surface area (Å²) in [5.41, 5.74) is 1.53. The number of hydrogen-bond donors (Lipinski definition) is 1. The molecule has 0 aromatic carbocycles. The summed E-state index contributed by atoms with van der Waals surface area (Å²) in [7, 11) is 1.73. The molecule has 0 radical (unpaired) electrons. The van der Waals surface area contributed by atoms with E-state index in [1.165, 1.54) is 23.1 Å². The minimum atomic E-state index is -0.377. The van der Waals surface area contributed by atoms with Gasteiger partial charge in [0, 0.05) is 25.9 Å². The summed E-state index contributed by atoms with van der Waals surface area (Å²) >= 11 is 2.68. The highest BCUT2D eigenvalue weighted by Gasteiger charge is 2.21. The average molecular weight is 451 g/mol. The summed E-state index contributed by atoms with van der Waals surface area (Å²) in [6.07, 6.45) is 3.68. The fourth-order valence-electron chi connectivity index (χ4n) is 2.91. The normalized spacial score (nSPS) is 11.2. The van der Waals surface area contributed by atoms with Gasteiger partial charge in [0.05, 0.1) is 18.5 Å². The predicted molar refractivity (Wildman–Crippen MR) is 119 cm³/mol. The summed E-state index contributed by atoms with van der Waals surface area (Å²) in [6, 6.07) is 0. The highest BCUT2D eigenvalue weighted by molar-refractivity contribution is 7.98. The number of aryl methyl sites for hydroxylation is 1. The van der Waals surface area contributed by atoms with E-state index in [-0.39, 0.29) is 11.5 Å². The molecule has 3 heterocycles. The van der Waals surface area contributed by atoms with Crippen LogP contribution >= 0.6 is 23.1 Å². The number of nitrogens with zero attached hydrogens (tertiary/aromatic N) is 5. The molecule has 0 saturated heterocycles. The number of unbranched alkanes of at least 4 members (excludes halogenated alkanes) is 1. The van der Waals surface area contributed by atoms with Crippen LogP contribution in [-0.4, -0.2) is 43.4 Å². The van der Waals surface area contributed by atoms with Gasteiger partial charge in [0.15, 0.2) is 15.8 Å². The smallest absolute Gasteiger partial charge is 0.350 e. The quantitative estimate of drug-likeness (QED) is 0.217. The Morgan fingerprint density at radius 3 is 2.80 bits per heavy atom. The second-order valence-electron chi connectivity index (χ2n) is 6.53. The van der Waals surface area contributed by atoms with Gasteiger partial charge in [0.1, 0.15) is 10.4 Å². The number of carbonyl (C=O) groups excluding carboxylic acids is 1. The zero-order chi connectivity index (χ0) is 21.7. The molecule has 0 fully saturated rings. The number of nitrogens with one attached hydrogen (secondary N) is 1. The number of carbonyl (C=O) groups is 1. The summed E-state index contributed by atoms with van der Waals surface area (Å²) < 4.78 is 8.35. The molecule has 3 rings (SSSR count). The number of rotatable bonds is 10. The van der Waals surface area contributed by atoms with E-state index < -0.39 is 0 Å². The van der Waals surface area contributed by atoms with Crippen molar-refractivity contribution >= 4 is 45.2 Å². The number of thiazole rings is 1. The summed E-state index contributed by atoms with van der Waals surface area (Å²) in [6.45, 7) is 7.39. The maximum absolute atomic E-state index is 12.8. The van der Waals surface area contributed by atoms with Gasteiger partial charge in [-0.25, -0.2) is 14.8 Å². The first kappa shape index (κ1) is 22.3. The molecule has 0 aliphatic rings. The van der Waals surface area contributed by atoms with Crippen LogP contribution in [0.4, 0.5) is 5.13 Å². The van der Waals surface area contributed by atoms with Crippen LogP contribution in [0.25, 0.3) is 11.0 Å². The standard InChI is InChI=1S/C19H26N6O3S2/c1-5-8-9-20-18-22-13(15(30-18)17(27)28-7-3)11-29-19-23-12-10-21-24(4)14(12)16(26)25(19)6-2/h10H,5-9,11H2,1-4H3,(H,20,22). The number of aromatic nitrogens is 5. The number of fused-ring (bicyclic) bond motifs is 1. The largest absolute Gasteiger partial charge is 0.462 e. The maximum Gasteiger partial charge on any atom is 0.350 e. The lowest BCUT2D eigenvalue weighted by atomic mass is 10.3. The molecule has 0 bridgehead atoms. The molecule has 0 spiro atoms. The first-order valence-corrected chi connectivity index (χ1v) is 11.8. The molecule has 0 atom stereocenters. The Morgan fingerprint density at radius 1 is 1.30 bits per heavy atom. The minimum Gasteiger partial charge on any atom is -0.462 e. The summed E-state index contributed by atoms with van der Waals surface area (Å²) in [5, 5.41) is 8.68. The molecule has 9 nitrogen and oxygen atoms in total. The van der Waals surface area contributed by atoms with Crippen LogP contribution in [0.3, 0.4) is 0 Å². The lowest BCUT2D eigenvalue weighted by Gasteiger charge is -2.09. The Kier molecular flexibility index (Phi) is 7.48. The number of anilines is 1. The monoisotopic (exact) mass is 450 g/mol. The van der Waals surface area contributed by atoms with Crippen LogP contribution in [0, 0.1) is 0 Å². The minimum absolute atomic E-state index is 0.129. The van der Waals surface area contributed by atoms with Crippen molar-refractivity contribution in [3.63, 3.8) is 0 Å². The van der Waals surface area contributed by atoms with Crippen molar-refractivity contribution < 1.29 is 9.53 Å². The second-order valence-corrected chi connectivity index (χ2v) is 8.47. The van der Waals surface area contributed by atoms with Crippen LogP contribution < -0.4 is 10.9 Å². The number of esters is 1. The number of hydrogen-bond acceptors (Lipinski definition) is 9. The van der Waals surface area contributed by atoms with Gasteiger partial charge in [-0.15, -0.1) is 0 Å². The van der Waals surface area contributed by atoms with E-state index >= 15 is 0 Å².